The summed E-state index contributed by atoms with van der Waals surface area (Å²) in [4.78, 5) is 8.69. The number of ether oxygens (including phenoxy) is 1. The van der Waals surface area contributed by atoms with Crippen molar-refractivity contribution in [1.29, 1.82) is 0 Å². The molecule has 0 spiro atoms. The average Bonchev–Trinajstić information content (AvgIpc) is 2.80. The van der Waals surface area contributed by atoms with Gasteiger partial charge in [0.2, 0.25) is 0 Å². The van der Waals surface area contributed by atoms with Crippen LogP contribution in [-0.2, 0) is 0 Å². The number of aromatic nitrogens is 1. The molecular formula is C14H18F3N3O. The number of hydrogen-bond acceptors (Lipinski definition) is 4. The molecule has 0 radical (unpaired) electrons. The molecule has 1 aromatic rings. The van der Waals surface area contributed by atoms with E-state index in [0.717, 1.165) is 44.5 Å². The fourth-order valence-electron chi connectivity index (χ4n) is 3.39. The van der Waals surface area contributed by atoms with Gasteiger partial charge in [-0.05, 0) is 44.5 Å². The number of pyridine rings is 1. The molecule has 21 heavy (non-hydrogen) atoms. The Balaban J connectivity index is 1.70. The van der Waals surface area contributed by atoms with Crippen LogP contribution in [0.3, 0.4) is 0 Å². The van der Waals surface area contributed by atoms with E-state index in [9.17, 15) is 13.2 Å². The van der Waals surface area contributed by atoms with Gasteiger partial charge in [-0.3, -0.25) is 0 Å². The van der Waals surface area contributed by atoms with Gasteiger partial charge in [-0.15, -0.1) is 13.2 Å². The maximum absolute atomic E-state index is 12.1. The van der Waals surface area contributed by atoms with Crippen molar-refractivity contribution in [2.75, 3.05) is 31.6 Å². The van der Waals surface area contributed by atoms with Crippen LogP contribution in [0.2, 0.25) is 0 Å². The molecule has 7 heteroatoms. The van der Waals surface area contributed by atoms with Crippen LogP contribution in [-0.4, -0.2) is 49.0 Å². The highest BCUT2D eigenvalue weighted by Gasteiger charge is 2.38. The van der Waals surface area contributed by atoms with Crippen LogP contribution in [0.25, 0.3) is 0 Å². The van der Waals surface area contributed by atoms with Crippen molar-refractivity contribution in [2.45, 2.75) is 25.2 Å². The van der Waals surface area contributed by atoms with Gasteiger partial charge in [0.15, 0.2) is 0 Å². The smallest absolute Gasteiger partial charge is 0.404 e. The monoisotopic (exact) mass is 301 g/mol. The van der Waals surface area contributed by atoms with Gasteiger partial charge in [0.25, 0.3) is 0 Å². The standard InChI is InChI=1S/C14H18F3N3O/c1-19-6-5-12-10(9-19)4-7-20(12)13-3-2-11(8-18-13)21-14(15,16)17/h2-3,8,10,12H,4-7,9H2,1H3/t10-,12?/m1/s1. The first-order valence-electron chi connectivity index (χ1n) is 7.09. The van der Waals surface area contributed by atoms with Crippen molar-refractivity contribution in [1.82, 2.24) is 9.88 Å². The zero-order chi connectivity index (χ0) is 15.0. The summed E-state index contributed by atoms with van der Waals surface area (Å²) in [5.74, 6) is 1.09. The van der Waals surface area contributed by atoms with Gasteiger partial charge in [0.1, 0.15) is 11.6 Å². The van der Waals surface area contributed by atoms with Crippen LogP contribution < -0.4 is 9.64 Å². The Kier molecular flexibility index (Phi) is 3.69. The molecule has 116 valence electrons. The second kappa shape index (κ2) is 5.36. The van der Waals surface area contributed by atoms with Crippen LogP contribution in [0.15, 0.2) is 18.3 Å². The van der Waals surface area contributed by atoms with Crippen LogP contribution in [0.5, 0.6) is 5.75 Å². The second-order valence-electron chi connectivity index (χ2n) is 5.76. The molecule has 2 aliphatic rings. The first-order valence-corrected chi connectivity index (χ1v) is 7.09. The molecule has 0 N–H and O–H groups in total. The summed E-state index contributed by atoms with van der Waals surface area (Å²) in [7, 11) is 2.13. The maximum atomic E-state index is 12.1. The van der Waals surface area contributed by atoms with Crippen molar-refractivity contribution in [3.05, 3.63) is 18.3 Å². The number of hydrogen-bond donors (Lipinski definition) is 0. The molecule has 1 unspecified atom stereocenters. The highest BCUT2D eigenvalue weighted by molar-refractivity contribution is 5.43. The lowest BCUT2D eigenvalue weighted by atomic mass is 9.93. The minimum Gasteiger partial charge on any atom is -0.404 e. The summed E-state index contributed by atoms with van der Waals surface area (Å²) >= 11 is 0. The first kappa shape index (κ1) is 14.4. The maximum Gasteiger partial charge on any atom is 0.573 e. The van der Waals surface area contributed by atoms with E-state index in [1.807, 2.05) is 0 Å². The van der Waals surface area contributed by atoms with E-state index in [0.29, 0.717) is 12.0 Å². The molecule has 0 aliphatic carbocycles. The van der Waals surface area contributed by atoms with E-state index >= 15 is 0 Å². The largest absolute Gasteiger partial charge is 0.573 e. The van der Waals surface area contributed by atoms with Crippen LogP contribution in [0, 0.1) is 5.92 Å². The van der Waals surface area contributed by atoms with Gasteiger partial charge in [-0.25, -0.2) is 4.98 Å². The highest BCUT2D eigenvalue weighted by atomic mass is 19.4. The van der Waals surface area contributed by atoms with Gasteiger partial charge in [0, 0.05) is 19.1 Å². The van der Waals surface area contributed by atoms with Crippen molar-refractivity contribution >= 4 is 5.82 Å². The molecule has 2 aliphatic heterocycles. The molecule has 3 rings (SSSR count). The Hall–Kier alpha value is -1.50. The van der Waals surface area contributed by atoms with Crippen molar-refractivity contribution in [3.63, 3.8) is 0 Å². The highest BCUT2D eigenvalue weighted by Crippen LogP contribution is 2.34. The molecule has 3 heterocycles. The van der Waals surface area contributed by atoms with Crippen LogP contribution in [0.4, 0.5) is 19.0 Å². The Morgan fingerprint density at radius 1 is 1.24 bits per heavy atom. The van der Waals surface area contributed by atoms with E-state index in [4.69, 9.17) is 0 Å². The normalized spacial score (nSPS) is 26.8. The number of anilines is 1. The zero-order valence-electron chi connectivity index (χ0n) is 11.8. The average molecular weight is 301 g/mol. The Labute approximate surface area is 121 Å². The molecule has 2 atom stereocenters. The molecular weight excluding hydrogens is 283 g/mol. The summed E-state index contributed by atoms with van der Waals surface area (Å²) in [5, 5.41) is 0. The third-order valence-corrected chi connectivity index (χ3v) is 4.29. The number of halogens is 3. The Morgan fingerprint density at radius 3 is 2.71 bits per heavy atom. The van der Waals surface area contributed by atoms with E-state index < -0.39 is 6.36 Å². The topological polar surface area (TPSA) is 28.6 Å². The molecule has 0 saturated carbocycles. The number of nitrogens with zero attached hydrogens (tertiary/aromatic N) is 3. The van der Waals surface area contributed by atoms with Crippen molar-refractivity contribution < 1.29 is 17.9 Å². The lowest BCUT2D eigenvalue weighted by molar-refractivity contribution is -0.274. The molecule has 0 bridgehead atoms. The zero-order valence-corrected chi connectivity index (χ0v) is 11.8. The number of fused-ring (bicyclic) bond motifs is 1. The third-order valence-electron chi connectivity index (χ3n) is 4.29. The Morgan fingerprint density at radius 2 is 2.05 bits per heavy atom. The SMILES string of the molecule is CN1CCC2[C@H](CCN2c2ccc(OC(F)(F)F)cn2)C1. The molecule has 2 saturated heterocycles. The molecule has 4 nitrogen and oxygen atoms in total. The predicted molar refractivity (Wildman–Crippen MR) is 72.3 cm³/mol. The number of alkyl halides is 3. The van der Waals surface area contributed by atoms with Gasteiger partial charge < -0.3 is 14.5 Å². The van der Waals surface area contributed by atoms with Gasteiger partial charge in [0.05, 0.1) is 6.20 Å². The van der Waals surface area contributed by atoms with Gasteiger partial charge in [-0.1, -0.05) is 0 Å². The summed E-state index contributed by atoms with van der Waals surface area (Å²) in [6.45, 7) is 3.04. The van der Waals surface area contributed by atoms with Crippen molar-refractivity contribution in [2.24, 2.45) is 5.92 Å². The van der Waals surface area contributed by atoms with E-state index in [1.54, 1.807) is 6.07 Å². The number of piperidine rings is 1. The quantitative estimate of drug-likeness (QED) is 0.839. The van der Waals surface area contributed by atoms with Crippen LogP contribution >= 0.6 is 0 Å². The fraction of sp³-hybridized carbons (Fsp3) is 0.643. The Bertz CT molecular complexity index is 491. The van der Waals surface area contributed by atoms with Gasteiger partial charge in [-0.2, -0.15) is 0 Å². The fourth-order valence-corrected chi connectivity index (χ4v) is 3.39. The molecule has 0 amide bonds. The number of rotatable bonds is 2. The van der Waals surface area contributed by atoms with Gasteiger partial charge >= 0.3 is 6.36 Å². The summed E-state index contributed by atoms with van der Waals surface area (Å²) in [6, 6.07) is 3.39. The lowest BCUT2D eigenvalue weighted by Gasteiger charge is -2.36. The number of likely N-dealkylation sites (tertiary alicyclic amines) is 1. The molecule has 1 aromatic heterocycles. The third kappa shape index (κ3) is 3.23. The molecule has 0 aromatic carbocycles. The van der Waals surface area contributed by atoms with Crippen molar-refractivity contribution in [3.8, 4) is 5.75 Å². The minimum absolute atomic E-state index is 0.273. The summed E-state index contributed by atoms with van der Waals surface area (Å²) in [6.07, 6.45) is -1.35. The summed E-state index contributed by atoms with van der Waals surface area (Å²) in [5.41, 5.74) is 0. The second-order valence-corrected chi connectivity index (χ2v) is 5.76. The molecule has 2 fully saturated rings. The minimum atomic E-state index is -4.67. The summed E-state index contributed by atoms with van der Waals surface area (Å²) < 4.78 is 40.3. The lowest BCUT2D eigenvalue weighted by Crippen LogP contribution is -2.44. The van der Waals surface area contributed by atoms with Crippen LogP contribution in [0.1, 0.15) is 12.8 Å². The van der Waals surface area contributed by atoms with E-state index in [2.05, 4.69) is 26.6 Å². The van der Waals surface area contributed by atoms with E-state index in [1.165, 1.54) is 6.07 Å². The first-order chi connectivity index (χ1) is 9.92. The predicted octanol–water partition coefficient (Wildman–Crippen LogP) is 2.51. The van der Waals surface area contributed by atoms with E-state index in [-0.39, 0.29) is 5.75 Å².